The zero-order valence-corrected chi connectivity index (χ0v) is 11.1. The van der Waals surface area contributed by atoms with Gasteiger partial charge in [0.25, 0.3) is 0 Å². The van der Waals surface area contributed by atoms with Crippen LogP contribution in [0.1, 0.15) is 32.3 Å². The third kappa shape index (κ3) is 5.19. The molecule has 3 N–H and O–H groups in total. The summed E-state index contributed by atoms with van der Waals surface area (Å²) < 4.78 is 0. The molecule has 0 radical (unpaired) electrons. The summed E-state index contributed by atoms with van der Waals surface area (Å²) in [4.78, 5) is 11.6. The first kappa shape index (κ1) is 14.5. The second-order valence-corrected chi connectivity index (χ2v) is 4.29. The highest BCUT2D eigenvalue weighted by Gasteiger charge is 2.04. The Morgan fingerprint density at radius 3 is 2.83 bits per heavy atom. The number of carbonyl (C=O) groups excluding carboxylic acids is 1. The molecule has 1 unspecified atom stereocenters. The Bertz CT molecular complexity index is 380. The third-order valence-electron chi connectivity index (χ3n) is 2.83. The summed E-state index contributed by atoms with van der Waals surface area (Å²) in [6, 6.07) is 7.54. The number of rotatable bonds is 6. The van der Waals surface area contributed by atoms with Gasteiger partial charge in [-0.1, -0.05) is 26.0 Å². The van der Waals surface area contributed by atoms with Crippen molar-refractivity contribution in [1.82, 2.24) is 5.32 Å². The summed E-state index contributed by atoms with van der Waals surface area (Å²) in [7, 11) is 0. The minimum absolute atomic E-state index is 0.230. The fourth-order valence-corrected chi connectivity index (χ4v) is 1.60. The van der Waals surface area contributed by atoms with E-state index in [-0.39, 0.29) is 12.1 Å². The summed E-state index contributed by atoms with van der Waals surface area (Å²) in [6.45, 7) is 4.47. The maximum absolute atomic E-state index is 11.6. The van der Waals surface area contributed by atoms with Crippen LogP contribution in [0.5, 0.6) is 0 Å². The Hall–Kier alpha value is -1.55. The molecular formula is C14H22N2O2. The van der Waals surface area contributed by atoms with Gasteiger partial charge in [0.1, 0.15) is 0 Å². The Morgan fingerprint density at radius 1 is 1.39 bits per heavy atom. The van der Waals surface area contributed by atoms with Crippen molar-refractivity contribution in [1.29, 1.82) is 0 Å². The van der Waals surface area contributed by atoms with Gasteiger partial charge < -0.3 is 15.7 Å². The Morgan fingerprint density at radius 2 is 2.17 bits per heavy atom. The smallest absolute Gasteiger partial charge is 0.319 e. The van der Waals surface area contributed by atoms with Crippen LogP contribution < -0.4 is 10.6 Å². The van der Waals surface area contributed by atoms with Crippen LogP contribution in [0.4, 0.5) is 10.5 Å². The molecule has 0 aliphatic rings. The van der Waals surface area contributed by atoms with Crippen LogP contribution in [0.25, 0.3) is 0 Å². The molecule has 100 valence electrons. The maximum atomic E-state index is 11.6. The molecule has 4 heteroatoms. The number of anilines is 1. The second-order valence-electron chi connectivity index (χ2n) is 4.29. The average Bonchev–Trinajstić information content (AvgIpc) is 2.38. The second kappa shape index (κ2) is 7.71. The molecule has 0 heterocycles. The summed E-state index contributed by atoms with van der Waals surface area (Å²) >= 11 is 0. The largest absolute Gasteiger partial charge is 0.393 e. The lowest BCUT2D eigenvalue weighted by Gasteiger charge is -2.10. The lowest BCUT2D eigenvalue weighted by Crippen LogP contribution is -2.31. The van der Waals surface area contributed by atoms with Gasteiger partial charge in [0.15, 0.2) is 0 Å². The summed E-state index contributed by atoms with van der Waals surface area (Å²) in [6.07, 6.45) is 1.90. The molecule has 0 aromatic heterocycles. The van der Waals surface area contributed by atoms with E-state index in [2.05, 4.69) is 17.6 Å². The van der Waals surface area contributed by atoms with Gasteiger partial charge in [-0.25, -0.2) is 4.79 Å². The zero-order valence-electron chi connectivity index (χ0n) is 11.1. The van der Waals surface area contributed by atoms with E-state index in [0.717, 1.165) is 12.1 Å². The molecule has 0 aliphatic heterocycles. The fourth-order valence-electron chi connectivity index (χ4n) is 1.60. The summed E-state index contributed by atoms with van der Waals surface area (Å²) in [5.74, 6) is 0. The molecular weight excluding hydrogens is 228 g/mol. The monoisotopic (exact) mass is 250 g/mol. The molecule has 0 aliphatic carbocycles. The number of nitrogens with one attached hydrogen (secondary N) is 2. The maximum Gasteiger partial charge on any atom is 0.319 e. The van der Waals surface area contributed by atoms with Gasteiger partial charge in [-0.05, 0) is 37.0 Å². The number of carbonyl (C=O) groups is 1. The van der Waals surface area contributed by atoms with E-state index < -0.39 is 0 Å². The van der Waals surface area contributed by atoms with Crippen LogP contribution in [-0.2, 0) is 6.42 Å². The highest BCUT2D eigenvalue weighted by molar-refractivity contribution is 5.89. The number of aliphatic hydroxyl groups excluding tert-OH is 1. The topological polar surface area (TPSA) is 61.4 Å². The van der Waals surface area contributed by atoms with Gasteiger partial charge in [-0.15, -0.1) is 0 Å². The minimum atomic E-state index is -0.339. The van der Waals surface area contributed by atoms with Gasteiger partial charge >= 0.3 is 6.03 Å². The zero-order chi connectivity index (χ0) is 13.4. The lowest BCUT2D eigenvalue weighted by atomic mass is 10.1. The summed E-state index contributed by atoms with van der Waals surface area (Å²) in [5.41, 5.74) is 1.98. The Labute approximate surface area is 108 Å². The van der Waals surface area contributed by atoms with Crippen molar-refractivity contribution < 1.29 is 9.90 Å². The highest BCUT2D eigenvalue weighted by Crippen LogP contribution is 2.10. The normalized spacial score (nSPS) is 11.9. The molecule has 0 saturated heterocycles. The number of benzene rings is 1. The number of aliphatic hydroxyl groups is 1. The third-order valence-corrected chi connectivity index (χ3v) is 2.83. The van der Waals surface area contributed by atoms with Crippen molar-refractivity contribution >= 4 is 11.7 Å². The van der Waals surface area contributed by atoms with E-state index >= 15 is 0 Å². The molecule has 4 nitrogen and oxygen atoms in total. The molecule has 0 spiro atoms. The molecule has 2 amide bonds. The van der Waals surface area contributed by atoms with Gasteiger partial charge in [-0.3, -0.25) is 0 Å². The van der Waals surface area contributed by atoms with E-state index in [1.807, 2.05) is 31.2 Å². The molecule has 1 aromatic carbocycles. The first-order valence-corrected chi connectivity index (χ1v) is 6.47. The standard InChI is InChI=1S/C14H22N2O2/c1-3-11-6-5-7-12(10-11)16-14(18)15-9-8-13(17)4-2/h5-7,10,13,17H,3-4,8-9H2,1-2H3,(H2,15,16,18). The fraction of sp³-hybridized carbons (Fsp3) is 0.500. The molecule has 18 heavy (non-hydrogen) atoms. The number of hydrogen-bond acceptors (Lipinski definition) is 2. The van der Waals surface area contributed by atoms with Crippen molar-refractivity contribution in [2.75, 3.05) is 11.9 Å². The SMILES string of the molecule is CCc1cccc(NC(=O)NCCC(O)CC)c1. The number of hydrogen-bond donors (Lipinski definition) is 3. The van der Waals surface area contributed by atoms with E-state index in [1.54, 1.807) is 0 Å². The summed E-state index contributed by atoms with van der Waals surface area (Å²) in [5, 5.41) is 14.9. The minimum Gasteiger partial charge on any atom is -0.393 e. The van der Waals surface area contributed by atoms with Crippen LogP contribution in [0.15, 0.2) is 24.3 Å². The Kier molecular flexibility index (Phi) is 6.22. The van der Waals surface area contributed by atoms with Crippen LogP contribution in [0.2, 0.25) is 0 Å². The first-order chi connectivity index (χ1) is 8.65. The lowest BCUT2D eigenvalue weighted by molar-refractivity contribution is 0.160. The molecule has 0 bridgehead atoms. The predicted molar refractivity (Wildman–Crippen MR) is 73.8 cm³/mol. The van der Waals surface area contributed by atoms with Crippen LogP contribution in [-0.4, -0.2) is 23.8 Å². The van der Waals surface area contributed by atoms with Crippen LogP contribution in [0, 0.1) is 0 Å². The van der Waals surface area contributed by atoms with E-state index in [9.17, 15) is 9.90 Å². The Balaban J connectivity index is 2.35. The molecule has 1 aromatic rings. The number of urea groups is 1. The predicted octanol–water partition coefficient (Wildman–Crippen LogP) is 2.53. The highest BCUT2D eigenvalue weighted by atomic mass is 16.3. The molecule has 0 fully saturated rings. The van der Waals surface area contributed by atoms with Gasteiger partial charge in [0, 0.05) is 12.2 Å². The van der Waals surface area contributed by atoms with Crippen molar-refractivity contribution in [3.8, 4) is 0 Å². The van der Waals surface area contributed by atoms with E-state index in [0.29, 0.717) is 19.4 Å². The quantitative estimate of drug-likeness (QED) is 0.726. The van der Waals surface area contributed by atoms with Crippen molar-refractivity contribution in [2.45, 2.75) is 39.2 Å². The number of amides is 2. The molecule has 1 rings (SSSR count). The average molecular weight is 250 g/mol. The van der Waals surface area contributed by atoms with Gasteiger partial charge in [-0.2, -0.15) is 0 Å². The van der Waals surface area contributed by atoms with Crippen molar-refractivity contribution in [3.63, 3.8) is 0 Å². The van der Waals surface area contributed by atoms with Crippen molar-refractivity contribution in [3.05, 3.63) is 29.8 Å². The molecule has 1 atom stereocenters. The van der Waals surface area contributed by atoms with Crippen LogP contribution in [0.3, 0.4) is 0 Å². The molecule has 0 saturated carbocycles. The van der Waals surface area contributed by atoms with Gasteiger partial charge in [0.05, 0.1) is 6.10 Å². The number of aryl methyl sites for hydroxylation is 1. The van der Waals surface area contributed by atoms with Crippen molar-refractivity contribution in [2.24, 2.45) is 0 Å². The van der Waals surface area contributed by atoms with E-state index in [4.69, 9.17) is 0 Å². The van der Waals surface area contributed by atoms with Crippen LogP contribution >= 0.6 is 0 Å². The van der Waals surface area contributed by atoms with E-state index in [1.165, 1.54) is 5.56 Å². The first-order valence-electron chi connectivity index (χ1n) is 6.47. The van der Waals surface area contributed by atoms with Gasteiger partial charge in [0.2, 0.25) is 0 Å².